The molecule has 2 N–H and O–H groups in total. The summed E-state index contributed by atoms with van der Waals surface area (Å²) in [5.74, 6) is -0.289. The Hall–Kier alpha value is -2.41. The average molecular weight is 288 g/mol. The number of hydrogen-bond donors (Lipinski definition) is 2. The van der Waals surface area contributed by atoms with Gasteiger partial charge in [-0.2, -0.15) is 5.10 Å². The van der Waals surface area contributed by atoms with Crippen molar-refractivity contribution in [2.45, 2.75) is 25.5 Å². The summed E-state index contributed by atoms with van der Waals surface area (Å²) >= 11 is 0. The van der Waals surface area contributed by atoms with Crippen molar-refractivity contribution in [1.29, 1.82) is 0 Å². The van der Waals surface area contributed by atoms with Gasteiger partial charge in [0.15, 0.2) is 0 Å². The molecule has 7 nitrogen and oxygen atoms in total. The normalized spacial score (nSPS) is 17.8. The van der Waals surface area contributed by atoms with Gasteiger partial charge in [-0.25, -0.2) is 0 Å². The summed E-state index contributed by atoms with van der Waals surface area (Å²) in [5.41, 5.74) is 0.765. The van der Waals surface area contributed by atoms with E-state index in [0.29, 0.717) is 17.8 Å². The van der Waals surface area contributed by atoms with E-state index in [1.165, 1.54) is 18.3 Å². The number of anilines is 1. The van der Waals surface area contributed by atoms with Crippen molar-refractivity contribution >= 4 is 11.6 Å². The first kappa shape index (κ1) is 13.6. The van der Waals surface area contributed by atoms with Gasteiger partial charge in [0.2, 0.25) is 5.56 Å². The SMILES string of the molecule is O=C(Nc1cnn(CC2CCCO2)c1)c1ccc(=O)[nH]c1. The van der Waals surface area contributed by atoms with Crippen LogP contribution in [0.2, 0.25) is 0 Å². The number of nitrogens with one attached hydrogen (secondary N) is 2. The Morgan fingerprint density at radius 2 is 2.43 bits per heavy atom. The van der Waals surface area contributed by atoms with Gasteiger partial charge in [-0.1, -0.05) is 0 Å². The fraction of sp³-hybridized carbons (Fsp3) is 0.357. The lowest BCUT2D eigenvalue weighted by molar-refractivity contribution is 0.0940. The highest BCUT2D eigenvalue weighted by Crippen LogP contribution is 2.15. The fourth-order valence-electron chi connectivity index (χ4n) is 2.28. The molecule has 0 spiro atoms. The molecule has 2 aromatic heterocycles. The zero-order valence-corrected chi connectivity index (χ0v) is 11.4. The second-order valence-corrected chi connectivity index (χ2v) is 4.98. The van der Waals surface area contributed by atoms with Crippen molar-refractivity contribution in [3.05, 3.63) is 46.6 Å². The molecule has 1 unspecified atom stereocenters. The Morgan fingerprint density at radius 1 is 1.52 bits per heavy atom. The van der Waals surface area contributed by atoms with Crippen LogP contribution < -0.4 is 10.9 Å². The number of aromatic nitrogens is 3. The quantitative estimate of drug-likeness (QED) is 0.878. The van der Waals surface area contributed by atoms with E-state index < -0.39 is 0 Å². The molecule has 7 heteroatoms. The van der Waals surface area contributed by atoms with E-state index in [1.54, 1.807) is 17.1 Å². The maximum Gasteiger partial charge on any atom is 0.257 e. The smallest absolute Gasteiger partial charge is 0.257 e. The van der Waals surface area contributed by atoms with Crippen molar-refractivity contribution < 1.29 is 9.53 Å². The van der Waals surface area contributed by atoms with Gasteiger partial charge in [0.05, 0.1) is 30.1 Å². The minimum absolute atomic E-state index is 0.202. The first-order chi connectivity index (χ1) is 10.2. The number of carbonyl (C=O) groups excluding carboxylic acids is 1. The summed E-state index contributed by atoms with van der Waals surface area (Å²) in [7, 11) is 0. The standard InChI is InChI=1S/C14H16N4O3/c19-13-4-3-10(6-15-13)14(20)17-11-7-16-18(8-11)9-12-2-1-5-21-12/h3-4,6-8,12H,1-2,5,9H2,(H,15,19)(H,17,20). The van der Waals surface area contributed by atoms with Crippen molar-refractivity contribution in [2.24, 2.45) is 0 Å². The summed E-state index contributed by atoms with van der Waals surface area (Å²) in [5, 5.41) is 6.94. The Kier molecular flexibility index (Phi) is 3.83. The van der Waals surface area contributed by atoms with Crippen LogP contribution in [0.5, 0.6) is 0 Å². The molecule has 1 saturated heterocycles. The predicted molar refractivity (Wildman–Crippen MR) is 76.2 cm³/mol. The highest BCUT2D eigenvalue weighted by molar-refractivity contribution is 6.03. The van der Waals surface area contributed by atoms with E-state index in [0.717, 1.165) is 19.4 Å². The van der Waals surface area contributed by atoms with Gasteiger partial charge in [-0.05, 0) is 18.9 Å². The monoisotopic (exact) mass is 288 g/mol. The molecule has 3 rings (SSSR count). The first-order valence-corrected chi connectivity index (χ1v) is 6.85. The molecular weight excluding hydrogens is 272 g/mol. The van der Waals surface area contributed by atoms with Crippen molar-refractivity contribution in [1.82, 2.24) is 14.8 Å². The summed E-state index contributed by atoms with van der Waals surface area (Å²) < 4.78 is 7.31. The van der Waals surface area contributed by atoms with Gasteiger partial charge in [0, 0.05) is 25.1 Å². The van der Waals surface area contributed by atoms with Crippen molar-refractivity contribution in [3.63, 3.8) is 0 Å². The van der Waals surface area contributed by atoms with Crippen LogP contribution in [0.3, 0.4) is 0 Å². The van der Waals surface area contributed by atoms with Crippen LogP contribution in [0.25, 0.3) is 0 Å². The van der Waals surface area contributed by atoms with E-state index in [-0.39, 0.29) is 17.6 Å². The fourth-order valence-corrected chi connectivity index (χ4v) is 2.28. The van der Waals surface area contributed by atoms with Gasteiger partial charge in [-0.3, -0.25) is 14.3 Å². The van der Waals surface area contributed by atoms with Gasteiger partial charge >= 0.3 is 0 Å². The number of carbonyl (C=O) groups is 1. The Bertz CT molecular complexity index is 665. The third kappa shape index (κ3) is 3.38. The van der Waals surface area contributed by atoms with Crippen LogP contribution in [0.15, 0.2) is 35.5 Å². The molecule has 0 aromatic carbocycles. The third-order valence-corrected chi connectivity index (χ3v) is 3.35. The molecule has 21 heavy (non-hydrogen) atoms. The number of rotatable bonds is 4. The Balaban J connectivity index is 1.62. The van der Waals surface area contributed by atoms with E-state index in [9.17, 15) is 9.59 Å². The topological polar surface area (TPSA) is 89.0 Å². The number of amides is 1. The van der Waals surface area contributed by atoms with Crippen LogP contribution in [-0.4, -0.2) is 33.4 Å². The molecule has 0 bridgehead atoms. The minimum Gasteiger partial charge on any atom is -0.376 e. The molecular formula is C14H16N4O3. The summed E-state index contributed by atoms with van der Waals surface area (Å²) in [4.78, 5) is 25.4. The maximum atomic E-state index is 12.0. The zero-order valence-electron chi connectivity index (χ0n) is 11.4. The molecule has 0 saturated carbocycles. The van der Waals surface area contributed by atoms with E-state index in [1.807, 2.05) is 0 Å². The number of ether oxygens (including phenoxy) is 1. The number of aromatic amines is 1. The molecule has 0 aliphatic carbocycles. The highest BCUT2D eigenvalue weighted by atomic mass is 16.5. The van der Waals surface area contributed by atoms with Crippen LogP contribution in [0, 0.1) is 0 Å². The lowest BCUT2D eigenvalue weighted by Crippen LogP contribution is -2.15. The van der Waals surface area contributed by atoms with Crippen LogP contribution >= 0.6 is 0 Å². The number of nitrogens with zero attached hydrogens (tertiary/aromatic N) is 2. The van der Waals surface area contributed by atoms with Gasteiger partial charge < -0.3 is 15.0 Å². The van der Waals surface area contributed by atoms with Crippen LogP contribution in [0.1, 0.15) is 23.2 Å². The van der Waals surface area contributed by atoms with Gasteiger partial charge in [-0.15, -0.1) is 0 Å². The maximum absolute atomic E-state index is 12.0. The molecule has 110 valence electrons. The van der Waals surface area contributed by atoms with Crippen molar-refractivity contribution in [3.8, 4) is 0 Å². The first-order valence-electron chi connectivity index (χ1n) is 6.85. The molecule has 1 aliphatic rings. The van der Waals surface area contributed by atoms with Crippen LogP contribution in [0.4, 0.5) is 5.69 Å². The summed E-state index contributed by atoms with van der Waals surface area (Å²) in [6.45, 7) is 1.50. The third-order valence-electron chi connectivity index (χ3n) is 3.35. The lowest BCUT2D eigenvalue weighted by atomic mass is 10.2. The second kappa shape index (κ2) is 5.92. The largest absolute Gasteiger partial charge is 0.376 e. The molecule has 3 heterocycles. The minimum atomic E-state index is -0.289. The van der Waals surface area contributed by atoms with Crippen molar-refractivity contribution in [2.75, 3.05) is 11.9 Å². The number of hydrogen-bond acceptors (Lipinski definition) is 4. The van der Waals surface area contributed by atoms with Gasteiger partial charge in [0.1, 0.15) is 0 Å². The summed E-state index contributed by atoms with van der Waals surface area (Å²) in [6, 6.07) is 2.79. The molecule has 2 aromatic rings. The zero-order chi connectivity index (χ0) is 14.7. The van der Waals surface area contributed by atoms with Gasteiger partial charge in [0.25, 0.3) is 5.91 Å². The second-order valence-electron chi connectivity index (χ2n) is 4.98. The van der Waals surface area contributed by atoms with E-state index in [2.05, 4.69) is 15.4 Å². The predicted octanol–water partition coefficient (Wildman–Crippen LogP) is 1.00. The Labute approximate surface area is 120 Å². The molecule has 1 fully saturated rings. The number of pyridine rings is 1. The summed E-state index contributed by atoms with van der Waals surface area (Å²) in [6.07, 6.45) is 7.08. The highest BCUT2D eigenvalue weighted by Gasteiger charge is 2.16. The average Bonchev–Trinajstić information content (AvgIpc) is 3.12. The molecule has 1 amide bonds. The molecule has 1 aliphatic heterocycles. The number of H-pyrrole nitrogens is 1. The van der Waals surface area contributed by atoms with E-state index >= 15 is 0 Å². The van der Waals surface area contributed by atoms with Crippen LogP contribution in [-0.2, 0) is 11.3 Å². The lowest BCUT2D eigenvalue weighted by Gasteiger charge is -2.08. The molecule has 0 radical (unpaired) electrons. The Morgan fingerprint density at radius 3 is 3.14 bits per heavy atom. The molecule has 1 atom stereocenters. The van der Waals surface area contributed by atoms with E-state index in [4.69, 9.17) is 4.74 Å².